The topological polar surface area (TPSA) is 105 Å². The van der Waals surface area contributed by atoms with Gasteiger partial charge in [-0.3, -0.25) is 13.9 Å². The molecule has 0 saturated carbocycles. The van der Waals surface area contributed by atoms with Gasteiger partial charge in [-0.05, 0) is 55.8 Å². The number of carbonyl (C=O) groups excluding carboxylic acids is 2. The van der Waals surface area contributed by atoms with Crippen molar-refractivity contribution >= 4 is 39.1 Å². The van der Waals surface area contributed by atoms with Gasteiger partial charge in [0.1, 0.15) is 24.1 Å². The van der Waals surface area contributed by atoms with Crippen LogP contribution in [0.5, 0.6) is 11.5 Å². The summed E-state index contributed by atoms with van der Waals surface area (Å²) in [5, 5.41) is 3.02. The van der Waals surface area contributed by atoms with Crippen LogP contribution in [0.3, 0.4) is 0 Å². The first-order chi connectivity index (χ1) is 18.5. The molecule has 0 aromatic heterocycles. The van der Waals surface area contributed by atoms with Crippen LogP contribution in [-0.4, -0.2) is 59.0 Å². The third kappa shape index (κ3) is 7.01. The van der Waals surface area contributed by atoms with E-state index in [4.69, 9.17) is 21.1 Å². The van der Waals surface area contributed by atoms with Crippen LogP contribution in [0, 0.1) is 6.92 Å². The summed E-state index contributed by atoms with van der Waals surface area (Å²) in [5.74, 6) is -0.416. The second kappa shape index (κ2) is 12.9. The second-order valence-electron chi connectivity index (χ2n) is 8.80. The van der Waals surface area contributed by atoms with E-state index in [-0.39, 0.29) is 22.9 Å². The molecular weight excluding hydrogens is 542 g/mol. The summed E-state index contributed by atoms with van der Waals surface area (Å²) in [6.45, 7) is 2.84. The van der Waals surface area contributed by atoms with Gasteiger partial charge in [0.05, 0.1) is 24.8 Å². The fourth-order valence-electron chi connectivity index (χ4n) is 3.97. The lowest BCUT2D eigenvalue weighted by Crippen LogP contribution is -2.50. The molecule has 3 rings (SSSR count). The highest BCUT2D eigenvalue weighted by atomic mass is 35.5. The van der Waals surface area contributed by atoms with Gasteiger partial charge in [0, 0.05) is 24.7 Å². The van der Waals surface area contributed by atoms with E-state index in [0.717, 1.165) is 9.87 Å². The van der Waals surface area contributed by atoms with Gasteiger partial charge < -0.3 is 19.7 Å². The van der Waals surface area contributed by atoms with Gasteiger partial charge in [0.2, 0.25) is 11.8 Å². The summed E-state index contributed by atoms with van der Waals surface area (Å²) in [6, 6.07) is 17.0. The highest BCUT2D eigenvalue weighted by molar-refractivity contribution is 7.92. The lowest BCUT2D eigenvalue weighted by atomic mass is 10.1. The highest BCUT2D eigenvalue weighted by Gasteiger charge is 2.34. The number of aryl methyl sites for hydroxylation is 1. The zero-order valence-corrected chi connectivity index (χ0v) is 24.0. The zero-order chi connectivity index (χ0) is 28.7. The molecule has 0 aliphatic rings. The summed E-state index contributed by atoms with van der Waals surface area (Å²) < 4.78 is 39.8. The summed E-state index contributed by atoms with van der Waals surface area (Å²) in [7, 11) is 0.0663. The Labute approximate surface area is 234 Å². The van der Waals surface area contributed by atoms with Crippen molar-refractivity contribution in [3.63, 3.8) is 0 Å². The number of benzene rings is 3. The van der Waals surface area contributed by atoms with Crippen LogP contribution < -0.4 is 19.1 Å². The average molecular weight is 574 g/mol. The highest BCUT2D eigenvalue weighted by Crippen LogP contribution is 2.36. The number of hydrogen-bond acceptors (Lipinski definition) is 6. The molecule has 0 fully saturated rings. The molecule has 0 aliphatic carbocycles. The molecule has 0 saturated heterocycles. The lowest BCUT2D eigenvalue weighted by Gasteiger charge is -2.32. The minimum absolute atomic E-state index is 0.00786. The summed E-state index contributed by atoms with van der Waals surface area (Å²) in [4.78, 5) is 27.8. The van der Waals surface area contributed by atoms with Crippen LogP contribution in [0.1, 0.15) is 18.1 Å². The first kappa shape index (κ1) is 29.8. The maximum atomic E-state index is 14.0. The predicted molar refractivity (Wildman–Crippen MR) is 151 cm³/mol. The quantitative estimate of drug-likeness (QED) is 0.371. The molecule has 0 unspecified atom stereocenters. The van der Waals surface area contributed by atoms with Crippen LogP contribution >= 0.6 is 11.6 Å². The first-order valence-corrected chi connectivity index (χ1v) is 13.9. The molecule has 208 valence electrons. The normalized spacial score (nSPS) is 11.8. The van der Waals surface area contributed by atoms with Crippen molar-refractivity contribution in [1.29, 1.82) is 0 Å². The number of methoxy groups -OCH3 is 2. The Kier molecular flexibility index (Phi) is 9.82. The number of nitrogens with zero attached hydrogens (tertiary/aromatic N) is 2. The molecule has 3 aromatic carbocycles. The van der Waals surface area contributed by atoms with Crippen LogP contribution in [0.2, 0.25) is 5.02 Å². The molecule has 0 heterocycles. The molecule has 2 amide bonds. The molecule has 0 radical (unpaired) electrons. The Morgan fingerprint density at radius 1 is 1.00 bits per heavy atom. The number of nitrogens with one attached hydrogen (secondary N) is 1. The molecule has 1 N–H and O–H groups in total. The van der Waals surface area contributed by atoms with Crippen LogP contribution in [0.25, 0.3) is 0 Å². The van der Waals surface area contributed by atoms with E-state index >= 15 is 0 Å². The maximum Gasteiger partial charge on any atom is 0.264 e. The standard InChI is InChI=1S/C28H32ClN3O6S/c1-19-9-12-24(13-10-19)39(35,36)32(25-16-23(37-4)11-14-26(25)38-5)18-27(33)31(20(2)28(34)30-3)17-21-7-6-8-22(29)15-21/h6-16,20H,17-18H2,1-5H3,(H,30,34)/t20-/m1/s1. The predicted octanol–water partition coefficient (Wildman–Crippen LogP) is 4.02. The van der Waals surface area contributed by atoms with Crippen molar-refractivity contribution < 1.29 is 27.5 Å². The first-order valence-electron chi connectivity index (χ1n) is 12.1. The fourth-order valence-corrected chi connectivity index (χ4v) is 5.60. The van der Waals surface area contributed by atoms with Crippen LogP contribution in [0.15, 0.2) is 71.6 Å². The van der Waals surface area contributed by atoms with E-state index in [1.54, 1.807) is 55.5 Å². The maximum absolute atomic E-state index is 14.0. The van der Waals surface area contributed by atoms with Gasteiger partial charge in [0.25, 0.3) is 10.0 Å². The number of rotatable bonds is 11. The van der Waals surface area contributed by atoms with Gasteiger partial charge in [-0.15, -0.1) is 0 Å². The number of ether oxygens (including phenoxy) is 2. The Balaban J connectivity index is 2.13. The molecule has 0 aliphatic heterocycles. The zero-order valence-electron chi connectivity index (χ0n) is 22.5. The van der Waals surface area contributed by atoms with Gasteiger partial charge in [-0.25, -0.2) is 8.42 Å². The van der Waals surface area contributed by atoms with E-state index in [0.29, 0.717) is 16.3 Å². The minimum atomic E-state index is -4.26. The molecule has 0 spiro atoms. The third-order valence-corrected chi connectivity index (χ3v) is 8.21. The Morgan fingerprint density at radius 3 is 2.28 bits per heavy atom. The average Bonchev–Trinajstić information content (AvgIpc) is 2.93. The fraction of sp³-hybridized carbons (Fsp3) is 0.286. The largest absolute Gasteiger partial charge is 0.497 e. The van der Waals surface area contributed by atoms with Gasteiger partial charge in [-0.1, -0.05) is 41.4 Å². The number of hydrogen-bond donors (Lipinski definition) is 1. The smallest absolute Gasteiger partial charge is 0.264 e. The number of anilines is 1. The third-order valence-electron chi connectivity index (χ3n) is 6.20. The van der Waals surface area contributed by atoms with Gasteiger partial charge in [0.15, 0.2) is 0 Å². The Hall–Kier alpha value is -3.76. The summed E-state index contributed by atoms with van der Waals surface area (Å²) >= 11 is 6.15. The monoisotopic (exact) mass is 573 g/mol. The van der Waals surface area contributed by atoms with Crippen molar-refractivity contribution in [3.05, 3.63) is 82.9 Å². The molecule has 9 nitrogen and oxygen atoms in total. The van der Waals surface area contributed by atoms with Crippen molar-refractivity contribution in [1.82, 2.24) is 10.2 Å². The van der Waals surface area contributed by atoms with Crippen LogP contribution in [0.4, 0.5) is 5.69 Å². The summed E-state index contributed by atoms with van der Waals surface area (Å²) in [5.41, 5.74) is 1.67. The minimum Gasteiger partial charge on any atom is -0.497 e. The van der Waals surface area contributed by atoms with Crippen LogP contribution in [-0.2, 0) is 26.2 Å². The number of amides is 2. The van der Waals surface area contributed by atoms with E-state index in [1.807, 2.05) is 6.92 Å². The lowest BCUT2D eigenvalue weighted by molar-refractivity contribution is -0.139. The van der Waals surface area contributed by atoms with Crippen molar-refractivity contribution in [2.24, 2.45) is 0 Å². The summed E-state index contributed by atoms with van der Waals surface area (Å²) in [6.07, 6.45) is 0. The number of sulfonamides is 1. The number of halogens is 1. The van der Waals surface area contributed by atoms with Gasteiger partial charge in [-0.2, -0.15) is 0 Å². The van der Waals surface area contributed by atoms with E-state index in [9.17, 15) is 18.0 Å². The second-order valence-corrected chi connectivity index (χ2v) is 11.1. The van der Waals surface area contributed by atoms with E-state index in [2.05, 4.69) is 5.32 Å². The molecule has 0 bridgehead atoms. The molecule has 11 heteroatoms. The van der Waals surface area contributed by atoms with E-state index in [1.165, 1.54) is 44.4 Å². The van der Waals surface area contributed by atoms with Crippen molar-refractivity contribution in [2.75, 3.05) is 32.1 Å². The number of likely N-dealkylation sites (N-methyl/N-ethyl adjacent to an activating group) is 1. The van der Waals surface area contributed by atoms with Crippen molar-refractivity contribution in [2.45, 2.75) is 31.3 Å². The molecular formula is C28H32ClN3O6S. The number of carbonyl (C=O) groups is 2. The molecule has 39 heavy (non-hydrogen) atoms. The molecule has 1 atom stereocenters. The Morgan fingerprint density at radius 2 is 1.69 bits per heavy atom. The van der Waals surface area contributed by atoms with E-state index < -0.39 is 34.4 Å². The van der Waals surface area contributed by atoms with Crippen molar-refractivity contribution in [3.8, 4) is 11.5 Å². The SMILES string of the molecule is CNC(=O)[C@@H](C)N(Cc1cccc(Cl)c1)C(=O)CN(c1cc(OC)ccc1OC)S(=O)(=O)c1ccc(C)cc1. The van der Waals surface area contributed by atoms with Gasteiger partial charge >= 0.3 is 0 Å². The molecule has 3 aromatic rings. The Bertz CT molecular complexity index is 1430.